The SMILES string of the molecule is CC(C)=CCCC(C)=CCC1(CC=C(C)CCC=C(C)C)C(=O)C(C(=O)Cc2ccccc2)=C(O)C=C1O. The summed E-state index contributed by atoms with van der Waals surface area (Å²) in [4.78, 5) is 27.3. The molecule has 204 valence electrons. The standard InChI is InChI=1S/C34H44O4/c1-24(2)12-10-14-26(5)18-20-34(21-19-27(6)15-11-13-25(3)4)31(37)23-30(36)32(33(34)38)29(35)22-28-16-8-7-9-17-28/h7-9,12-13,16-19,23,36-37H,10-11,14-15,20-22H2,1-6H3. The zero-order chi connectivity index (χ0) is 28.3. The summed E-state index contributed by atoms with van der Waals surface area (Å²) in [7, 11) is 0. The van der Waals surface area contributed by atoms with Crippen LogP contribution < -0.4 is 0 Å². The molecule has 2 rings (SSSR count). The first-order valence-corrected chi connectivity index (χ1v) is 13.5. The lowest BCUT2D eigenvalue weighted by atomic mass is 9.68. The van der Waals surface area contributed by atoms with Crippen molar-refractivity contribution in [1.29, 1.82) is 0 Å². The van der Waals surface area contributed by atoms with E-state index in [-0.39, 0.29) is 30.6 Å². The maximum absolute atomic E-state index is 14.0. The predicted octanol–water partition coefficient (Wildman–Crippen LogP) is 8.79. The third kappa shape index (κ3) is 8.86. The molecule has 0 saturated heterocycles. The molecule has 1 aliphatic carbocycles. The van der Waals surface area contributed by atoms with Crippen molar-refractivity contribution in [3.05, 3.63) is 106 Å². The minimum atomic E-state index is -1.33. The van der Waals surface area contributed by atoms with Crippen LogP contribution in [0.1, 0.15) is 85.6 Å². The summed E-state index contributed by atoms with van der Waals surface area (Å²) in [5.74, 6) is -1.62. The van der Waals surface area contributed by atoms with Gasteiger partial charge in [0.15, 0.2) is 11.6 Å². The van der Waals surface area contributed by atoms with Crippen molar-refractivity contribution in [3.63, 3.8) is 0 Å². The second-order valence-corrected chi connectivity index (χ2v) is 10.9. The number of aliphatic hydroxyl groups excluding tert-OH is 2. The summed E-state index contributed by atoms with van der Waals surface area (Å²) in [5.41, 5.74) is 3.95. The first-order chi connectivity index (χ1) is 18.0. The number of hydrogen-bond donors (Lipinski definition) is 2. The second-order valence-electron chi connectivity index (χ2n) is 10.9. The molecule has 0 saturated carbocycles. The number of aliphatic hydroxyl groups is 2. The van der Waals surface area contributed by atoms with Gasteiger partial charge in [0.25, 0.3) is 0 Å². The molecule has 0 aromatic heterocycles. The van der Waals surface area contributed by atoms with E-state index >= 15 is 0 Å². The van der Waals surface area contributed by atoms with Crippen LogP contribution in [0.15, 0.2) is 100 Å². The number of benzene rings is 1. The molecule has 0 spiro atoms. The monoisotopic (exact) mass is 516 g/mol. The highest BCUT2D eigenvalue weighted by atomic mass is 16.3. The molecular weight excluding hydrogens is 472 g/mol. The molecule has 4 heteroatoms. The highest BCUT2D eigenvalue weighted by Crippen LogP contribution is 2.43. The smallest absolute Gasteiger partial charge is 0.184 e. The number of allylic oxidation sites excluding steroid dienone is 11. The summed E-state index contributed by atoms with van der Waals surface area (Å²) < 4.78 is 0. The third-order valence-corrected chi connectivity index (χ3v) is 6.95. The Morgan fingerprint density at radius 3 is 1.76 bits per heavy atom. The molecule has 1 aromatic rings. The highest BCUT2D eigenvalue weighted by molar-refractivity contribution is 6.24. The zero-order valence-corrected chi connectivity index (χ0v) is 23.9. The van der Waals surface area contributed by atoms with Gasteiger partial charge >= 0.3 is 0 Å². The van der Waals surface area contributed by atoms with E-state index in [0.717, 1.165) is 42.4 Å². The molecule has 1 aromatic carbocycles. The van der Waals surface area contributed by atoms with Gasteiger partial charge in [-0.05, 0) is 85.6 Å². The fourth-order valence-corrected chi connectivity index (χ4v) is 4.51. The number of carbonyl (C=O) groups is 2. The highest BCUT2D eigenvalue weighted by Gasteiger charge is 2.47. The normalized spacial score (nSPS) is 18.3. The maximum Gasteiger partial charge on any atom is 0.184 e. The van der Waals surface area contributed by atoms with Gasteiger partial charge in [0.1, 0.15) is 17.1 Å². The lowest BCUT2D eigenvalue weighted by Gasteiger charge is -2.34. The Bertz CT molecular complexity index is 1140. The minimum absolute atomic E-state index is 0.00575. The summed E-state index contributed by atoms with van der Waals surface area (Å²) in [6.45, 7) is 12.3. The van der Waals surface area contributed by atoms with Crippen LogP contribution in [-0.4, -0.2) is 21.8 Å². The van der Waals surface area contributed by atoms with Gasteiger partial charge in [0.2, 0.25) is 0 Å². The summed E-state index contributed by atoms with van der Waals surface area (Å²) in [6, 6.07) is 9.17. The average molecular weight is 517 g/mol. The van der Waals surface area contributed by atoms with Crippen molar-refractivity contribution >= 4 is 11.6 Å². The molecule has 0 aliphatic heterocycles. The van der Waals surface area contributed by atoms with Crippen LogP contribution in [0.2, 0.25) is 0 Å². The van der Waals surface area contributed by atoms with Gasteiger partial charge in [-0.1, -0.05) is 76.9 Å². The van der Waals surface area contributed by atoms with E-state index in [1.54, 1.807) is 0 Å². The molecule has 4 nitrogen and oxygen atoms in total. The lowest BCUT2D eigenvalue weighted by molar-refractivity contribution is -0.127. The summed E-state index contributed by atoms with van der Waals surface area (Å²) >= 11 is 0. The van der Waals surface area contributed by atoms with E-state index < -0.39 is 22.7 Å². The van der Waals surface area contributed by atoms with Crippen molar-refractivity contribution < 1.29 is 19.8 Å². The first-order valence-electron chi connectivity index (χ1n) is 13.5. The Morgan fingerprint density at radius 2 is 1.29 bits per heavy atom. The molecule has 1 aliphatic rings. The van der Waals surface area contributed by atoms with Crippen molar-refractivity contribution in [2.75, 3.05) is 0 Å². The van der Waals surface area contributed by atoms with Crippen molar-refractivity contribution in [3.8, 4) is 0 Å². The fraction of sp³-hybridized carbons (Fsp3) is 0.412. The van der Waals surface area contributed by atoms with Crippen LogP contribution in [0.5, 0.6) is 0 Å². The average Bonchev–Trinajstić information content (AvgIpc) is 2.83. The maximum atomic E-state index is 14.0. The van der Waals surface area contributed by atoms with E-state index in [9.17, 15) is 19.8 Å². The molecule has 0 radical (unpaired) electrons. The summed E-state index contributed by atoms with van der Waals surface area (Å²) in [5, 5.41) is 21.8. The molecule has 0 amide bonds. The fourth-order valence-electron chi connectivity index (χ4n) is 4.51. The molecule has 2 N–H and O–H groups in total. The Kier molecular flexibility index (Phi) is 11.8. The van der Waals surface area contributed by atoms with E-state index in [1.165, 1.54) is 17.2 Å². The first kappa shape index (κ1) is 30.8. The lowest BCUT2D eigenvalue weighted by Crippen LogP contribution is -2.39. The molecule has 0 fully saturated rings. The number of rotatable bonds is 13. The van der Waals surface area contributed by atoms with Crippen LogP contribution in [0.3, 0.4) is 0 Å². The van der Waals surface area contributed by atoms with Gasteiger partial charge in [-0.3, -0.25) is 9.59 Å². The number of hydrogen-bond acceptors (Lipinski definition) is 4. The van der Waals surface area contributed by atoms with Gasteiger partial charge in [-0.25, -0.2) is 0 Å². The Hall–Kier alpha value is -3.40. The van der Waals surface area contributed by atoms with E-state index in [2.05, 4.69) is 39.8 Å². The molecular formula is C34H44O4. The number of carbonyl (C=O) groups excluding carboxylic acids is 2. The Labute approximate surface area is 228 Å². The zero-order valence-electron chi connectivity index (χ0n) is 23.9. The number of Topliss-reactive ketones (excluding diaryl/α,β-unsaturated/α-hetero) is 2. The van der Waals surface area contributed by atoms with Crippen molar-refractivity contribution in [2.45, 2.75) is 86.5 Å². The predicted molar refractivity (Wildman–Crippen MR) is 157 cm³/mol. The Morgan fingerprint density at radius 1 is 0.789 bits per heavy atom. The topological polar surface area (TPSA) is 74.6 Å². The van der Waals surface area contributed by atoms with Gasteiger partial charge in [-0.15, -0.1) is 0 Å². The number of ketones is 2. The quantitative estimate of drug-likeness (QED) is 0.203. The van der Waals surface area contributed by atoms with E-state index in [1.807, 2.05) is 56.3 Å². The van der Waals surface area contributed by atoms with Crippen molar-refractivity contribution in [1.82, 2.24) is 0 Å². The van der Waals surface area contributed by atoms with E-state index in [4.69, 9.17) is 0 Å². The minimum Gasteiger partial charge on any atom is -0.511 e. The van der Waals surface area contributed by atoms with Gasteiger partial charge in [-0.2, -0.15) is 0 Å². The molecule has 0 atom stereocenters. The Balaban J connectivity index is 2.42. The van der Waals surface area contributed by atoms with Crippen molar-refractivity contribution in [2.24, 2.45) is 5.41 Å². The van der Waals surface area contributed by atoms with Gasteiger partial charge in [0, 0.05) is 12.5 Å². The van der Waals surface area contributed by atoms with Crippen LogP contribution in [0, 0.1) is 5.41 Å². The molecule has 38 heavy (non-hydrogen) atoms. The molecule has 0 bridgehead atoms. The van der Waals surface area contributed by atoms with Gasteiger partial charge in [0.05, 0.1) is 5.41 Å². The largest absolute Gasteiger partial charge is 0.511 e. The molecule has 0 heterocycles. The summed E-state index contributed by atoms with van der Waals surface area (Å²) in [6.07, 6.45) is 13.5. The van der Waals surface area contributed by atoms with Crippen LogP contribution in [0.25, 0.3) is 0 Å². The van der Waals surface area contributed by atoms with Crippen LogP contribution in [-0.2, 0) is 16.0 Å². The van der Waals surface area contributed by atoms with Crippen LogP contribution >= 0.6 is 0 Å². The molecule has 0 unspecified atom stereocenters. The van der Waals surface area contributed by atoms with Gasteiger partial charge < -0.3 is 10.2 Å². The second kappa shape index (κ2) is 14.5. The third-order valence-electron chi connectivity index (χ3n) is 6.95. The van der Waals surface area contributed by atoms with E-state index in [0.29, 0.717) is 0 Å². The van der Waals surface area contributed by atoms with Crippen LogP contribution in [0.4, 0.5) is 0 Å².